The Labute approximate surface area is 122 Å². The lowest BCUT2D eigenvalue weighted by atomic mass is 10.2. The summed E-state index contributed by atoms with van der Waals surface area (Å²) >= 11 is 0. The zero-order chi connectivity index (χ0) is 15.3. The third-order valence-corrected chi connectivity index (χ3v) is 3.52. The molecule has 0 aliphatic carbocycles. The molecule has 21 heavy (non-hydrogen) atoms. The molecular weight excluding hydrogens is 283 g/mol. The van der Waals surface area contributed by atoms with Crippen LogP contribution in [0.1, 0.15) is 18.5 Å². The predicted octanol–water partition coefficient (Wildman–Crippen LogP) is 2.31. The summed E-state index contributed by atoms with van der Waals surface area (Å²) in [6.45, 7) is 2.56. The van der Waals surface area contributed by atoms with Crippen molar-refractivity contribution in [3.63, 3.8) is 0 Å². The van der Waals surface area contributed by atoms with Crippen LogP contribution in [0.2, 0.25) is 0 Å². The predicted molar refractivity (Wildman–Crippen MR) is 74.4 cm³/mol. The van der Waals surface area contributed by atoms with E-state index < -0.39 is 11.9 Å². The first-order valence-electron chi connectivity index (χ1n) is 7.02. The minimum absolute atomic E-state index is 0.290. The number of ether oxygens (including phenoxy) is 1. The number of methoxy groups -OCH3 is 1. The van der Waals surface area contributed by atoms with Crippen LogP contribution in [-0.4, -0.2) is 44.4 Å². The molecule has 1 unspecified atom stereocenters. The number of pyridine rings is 1. The third kappa shape index (κ3) is 4.57. The minimum Gasteiger partial charge on any atom is -0.383 e. The Bertz CT molecular complexity index is 447. The Balaban J connectivity index is 2.14. The van der Waals surface area contributed by atoms with Crippen molar-refractivity contribution >= 4 is 5.82 Å². The molecule has 1 aromatic rings. The van der Waals surface area contributed by atoms with Crippen LogP contribution in [0, 0.1) is 0 Å². The van der Waals surface area contributed by atoms with Crippen LogP contribution in [0.5, 0.6) is 0 Å². The maximum Gasteiger partial charge on any atom is 0.433 e. The average Bonchev–Trinajstić information content (AvgIpc) is 2.95. The van der Waals surface area contributed by atoms with Gasteiger partial charge in [0.1, 0.15) is 11.5 Å². The maximum atomic E-state index is 12.8. The highest BCUT2D eigenvalue weighted by atomic mass is 19.4. The number of hydrogen-bond acceptors (Lipinski definition) is 4. The lowest BCUT2D eigenvalue weighted by Crippen LogP contribution is -2.39. The number of hydrogen-bond donors (Lipinski definition) is 1. The fourth-order valence-electron chi connectivity index (χ4n) is 2.44. The monoisotopic (exact) mass is 303 g/mol. The molecule has 0 bridgehead atoms. The van der Waals surface area contributed by atoms with Crippen LogP contribution in [0.25, 0.3) is 0 Å². The van der Waals surface area contributed by atoms with Gasteiger partial charge in [-0.25, -0.2) is 4.98 Å². The van der Waals surface area contributed by atoms with E-state index >= 15 is 0 Å². The van der Waals surface area contributed by atoms with Crippen molar-refractivity contribution in [1.29, 1.82) is 0 Å². The smallest absolute Gasteiger partial charge is 0.383 e. The molecule has 0 saturated carbocycles. The van der Waals surface area contributed by atoms with Crippen LogP contribution in [0.15, 0.2) is 18.2 Å². The number of nitrogens with zero attached hydrogens (tertiary/aromatic N) is 2. The molecule has 0 aromatic carbocycles. The molecule has 0 spiro atoms. The summed E-state index contributed by atoms with van der Waals surface area (Å²) in [5.41, 5.74) is -0.859. The van der Waals surface area contributed by atoms with Crippen molar-refractivity contribution in [3.05, 3.63) is 23.9 Å². The van der Waals surface area contributed by atoms with E-state index in [-0.39, 0.29) is 6.04 Å². The van der Waals surface area contributed by atoms with Crippen molar-refractivity contribution in [3.8, 4) is 0 Å². The molecule has 0 amide bonds. The Morgan fingerprint density at radius 3 is 2.86 bits per heavy atom. The van der Waals surface area contributed by atoms with Gasteiger partial charge in [-0.3, -0.25) is 0 Å². The second kappa shape index (κ2) is 7.09. The highest BCUT2D eigenvalue weighted by molar-refractivity contribution is 5.40. The largest absolute Gasteiger partial charge is 0.433 e. The van der Waals surface area contributed by atoms with Gasteiger partial charge in [0.15, 0.2) is 0 Å². The summed E-state index contributed by atoms with van der Waals surface area (Å²) in [6.07, 6.45) is -2.30. The van der Waals surface area contributed by atoms with E-state index in [4.69, 9.17) is 4.74 Å². The SMILES string of the molecule is COCCN(CC1CCCN1)c1cccc(C(F)(F)F)n1. The summed E-state index contributed by atoms with van der Waals surface area (Å²) in [5.74, 6) is 0.343. The zero-order valence-electron chi connectivity index (χ0n) is 12.0. The van der Waals surface area contributed by atoms with Gasteiger partial charge in [0.05, 0.1) is 6.61 Å². The molecule has 1 aliphatic rings. The van der Waals surface area contributed by atoms with Gasteiger partial charge in [-0.15, -0.1) is 0 Å². The third-order valence-electron chi connectivity index (χ3n) is 3.52. The summed E-state index contributed by atoms with van der Waals surface area (Å²) in [6, 6.07) is 4.29. The normalized spacial score (nSPS) is 19.0. The number of aromatic nitrogens is 1. The molecule has 1 saturated heterocycles. The van der Waals surface area contributed by atoms with E-state index in [0.717, 1.165) is 25.5 Å². The van der Waals surface area contributed by atoms with E-state index in [2.05, 4.69) is 10.3 Å². The van der Waals surface area contributed by atoms with Crippen molar-refractivity contribution in [2.45, 2.75) is 25.1 Å². The maximum absolute atomic E-state index is 12.8. The highest BCUT2D eigenvalue weighted by Crippen LogP contribution is 2.29. The molecule has 1 aromatic heterocycles. The van der Waals surface area contributed by atoms with Crippen molar-refractivity contribution in [2.24, 2.45) is 0 Å². The van der Waals surface area contributed by atoms with Crippen LogP contribution >= 0.6 is 0 Å². The van der Waals surface area contributed by atoms with Crippen LogP contribution in [0.3, 0.4) is 0 Å². The molecular formula is C14H20F3N3O. The van der Waals surface area contributed by atoms with E-state index in [1.807, 2.05) is 4.90 Å². The molecule has 4 nitrogen and oxygen atoms in total. The molecule has 2 rings (SSSR count). The molecule has 0 radical (unpaired) electrons. The van der Waals surface area contributed by atoms with Gasteiger partial charge < -0.3 is 15.0 Å². The second-order valence-electron chi connectivity index (χ2n) is 5.11. The van der Waals surface area contributed by atoms with E-state index in [0.29, 0.717) is 25.5 Å². The molecule has 2 heterocycles. The molecule has 118 valence electrons. The first-order chi connectivity index (χ1) is 10.0. The molecule has 1 fully saturated rings. The minimum atomic E-state index is -4.42. The average molecular weight is 303 g/mol. The Hall–Kier alpha value is -1.34. The first kappa shape index (κ1) is 16.0. The van der Waals surface area contributed by atoms with Crippen LogP contribution in [-0.2, 0) is 10.9 Å². The summed E-state index contributed by atoms with van der Waals surface area (Å²) < 4.78 is 43.4. The molecule has 1 N–H and O–H groups in total. The zero-order valence-corrected chi connectivity index (χ0v) is 12.0. The Kier molecular flexibility index (Phi) is 5.41. The highest BCUT2D eigenvalue weighted by Gasteiger charge is 2.33. The van der Waals surface area contributed by atoms with Gasteiger partial charge in [0.2, 0.25) is 0 Å². The van der Waals surface area contributed by atoms with Gasteiger partial charge >= 0.3 is 6.18 Å². The van der Waals surface area contributed by atoms with Crippen LogP contribution < -0.4 is 10.2 Å². The first-order valence-corrected chi connectivity index (χ1v) is 7.02. The van der Waals surface area contributed by atoms with Crippen molar-refractivity contribution < 1.29 is 17.9 Å². The van der Waals surface area contributed by atoms with Gasteiger partial charge in [0, 0.05) is 26.2 Å². The summed E-state index contributed by atoms with van der Waals surface area (Å²) in [5, 5.41) is 3.35. The number of rotatable bonds is 6. The van der Waals surface area contributed by atoms with E-state index in [1.54, 1.807) is 13.2 Å². The summed E-state index contributed by atoms with van der Waals surface area (Å²) in [4.78, 5) is 5.61. The van der Waals surface area contributed by atoms with Crippen molar-refractivity contribution in [1.82, 2.24) is 10.3 Å². The summed E-state index contributed by atoms with van der Waals surface area (Å²) in [7, 11) is 1.57. The Morgan fingerprint density at radius 1 is 1.43 bits per heavy atom. The van der Waals surface area contributed by atoms with E-state index in [1.165, 1.54) is 6.07 Å². The fourth-order valence-corrected chi connectivity index (χ4v) is 2.44. The fraction of sp³-hybridized carbons (Fsp3) is 0.643. The standard InChI is InChI=1S/C14H20F3N3O/c1-21-9-8-20(10-11-4-3-7-18-11)13-6-2-5-12(19-13)14(15,16)17/h2,5-6,11,18H,3-4,7-10H2,1H3. The van der Waals surface area contributed by atoms with Gasteiger partial charge in [-0.05, 0) is 31.5 Å². The lowest BCUT2D eigenvalue weighted by molar-refractivity contribution is -0.141. The van der Waals surface area contributed by atoms with Crippen molar-refractivity contribution in [2.75, 3.05) is 38.3 Å². The second-order valence-corrected chi connectivity index (χ2v) is 5.11. The molecule has 7 heteroatoms. The Morgan fingerprint density at radius 2 is 2.24 bits per heavy atom. The topological polar surface area (TPSA) is 37.4 Å². The lowest BCUT2D eigenvalue weighted by Gasteiger charge is -2.27. The van der Waals surface area contributed by atoms with E-state index in [9.17, 15) is 13.2 Å². The van der Waals surface area contributed by atoms with Gasteiger partial charge in [0.25, 0.3) is 0 Å². The van der Waals surface area contributed by atoms with Crippen LogP contribution in [0.4, 0.5) is 19.0 Å². The quantitative estimate of drug-likeness (QED) is 0.875. The number of nitrogens with one attached hydrogen (secondary N) is 1. The number of halogens is 3. The number of alkyl halides is 3. The van der Waals surface area contributed by atoms with Gasteiger partial charge in [-0.2, -0.15) is 13.2 Å². The van der Waals surface area contributed by atoms with Gasteiger partial charge in [-0.1, -0.05) is 6.07 Å². The molecule has 1 aliphatic heterocycles. The number of anilines is 1. The molecule has 1 atom stereocenters.